The zero-order valence-corrected chi connectivity index (χ0v) is 7.50. The first-order chi connectivity index (χ1) is 5.95. The van der Waals surface area contributed by atoms with E-state index >= 15 is 0 Å². The summed E-state index contributed by atoms with van der Waals surface area (Å²) in [6.07, 6.45) is 14.3. The zero-order chi connectivity index (χ0) is 7.97. The maximum atomic E-state index is 2.41. The monoisotopic (exact) mass is 160 g/mol. The molecule has 0 aliphatic heterocycles. The Bertz CT molecular complexity index is 247. The van der Waals surface area contributed by atoms with E-state index in [-0.39, 0.29) is 0 Å². The maximum Gasteiger partial charge on any atom is -0.0162 e. The summed E-state index contributed by atoms with van der Waals surface area (Å²) in [6.45, 7) is 0. The molecule has 0 aromatic rings. The normalized spacial score (nSPS) is 44.0. The summed E-state index contributed by atoms with van der Waals surface area (Å²) in [4.78, 5) is 0. The molecule has 2 fully saturated rings. The van der Waals surface area contributed by atoms with Crippen LogP contribution in [0.4, 0.5) is 0 Å². The molecular formula is C12H16. The average molecular weight is 160 g/mol. The molecule has 3 rings (SSSR count). The summed E-state index contributed by atoms with van der Waals surface area (Å²) in [6, 6.07) is 0. The van der Waals surface area contributed by atoms with Crippen molar-refractivity contribution in [3.8, 4) is 0 Å². The molecule has 0 amide bonds. The van der Waals surface area contributed by atoms with E-state index in [2.05, 4.69) is 18.2 Å². The van der Waals surface area contributed by atoms with Crippen molar-refractivity contribution < 1.29 is 0 Å². The molecule has 2 saturated carbocycles. The summed E-state index contributed by atoms with van der Waals surface area (Å²) < 4.78 is 0. The van der Waals surface area contributed by atoms with Crippen LogP contribution in [0.3, 0.4) is 0 Å². The molecule has 64 valence electrons. The minimum absolute atomic E-state index is 0.941. The van der Waals surface area contributed by atoms with Crippen molar-refractivity contribution in [2.24, 2.45) is 17.8 Å². The van der Waals surface area contributed by atoms with Crippen molar-refractivity contribution in [3.63, 3.8) is 0 Å². The third-order valence-electron chi connectivity index (χ3n) is 4.05. The van der Waals surface area contributed by atoms with Gasteiger partial charge in [-0.15, -0.1) is 0 Å². The molecule has 0 spiro atoms. The van der Waals surface area contributed by atoms with Gasteiger partial charge >= 0.3 is 0 Å². The van der Waals surface area contributed by atoms with Gasteiger partial charge in [0, 0.05) is 0 Å². The van der Waals surface area contributed by atoms with Crippen LogP contribution in [0.5, 0.6) is 0 Å². The minimum Gasteiger partial charge on any atom is -0.0839 e. The molecule has 3 aliphatic rings. The third kappa shape index (κ3) is 0.840. The van der Waals surface area contributed by atoms with Gasteiger partial charge in [-0.1, -0.05) is 23.8 Å². The second-order valence-electron chi connectivity index (χ2n) is 4.55. The van der Waals surface area contributed by atoms with E-state index in [0.29, 0.717) is 0 Å². The fourth-order valence-electron chi connectivity index (χ4n) is 3.17. The van der Waals surface area contributed by atoms with Crippen LogP contribution in [0.25, 0.3) is 0 Å². The standard InChI is InChI=1S/C12H16/c1-2-4-11-9(3-1)5-6-10-7-8-12(10)11/h1-2,4,9-10,12H,3,5-8H2. The predicted molar refractivity (Wildman–Crippen MR) is 50.8 cm³/mol. The highest BCUT2D eigenvalue weighted by Gasteiger charge is 2.39. The molecule has 3 aliphatic carbocycles. The van der Waals surface area contributed by atoms with Gasteiger partial charge in [0.25, 0.3) is 0 Å². The van der Waals surface area contributed by atoms with Crippen LogP contribution in [0.1, 0.15) is 32.1 Å². The lowest BCUT2D eigenvalue weighted by Crippen LogP contribution is -2.35. The van der Waals surface area contributed by atoms with Crippen LogP contribution < -0.4 is 0 Å². The summed E-state index contributed by atoms with van der Waals surface area (Å²) >= 11 is 0. The van der Waals surface area contributed by atoms with Crippen molar-refractivity contribution in [1.82, 2.24) is 0 Å². The first-order valence-corrected chi connectivity index (χ1v) is 5.32. The fourth-order valence-corrected chi connectivity index (χ4v) is 3.17. The highest BCUT2D eigenvalue weighted by molar-refractivity contribution is 5.27. The van der Waals surface area contributed by atoms with Gasteiger partial charge in [0.05, 0.1) is 0 Å². The topological polar surface area (TPSA) is 0 Å². The van der Waals surface area contributed by atoms with Crippen molar-refractivity contribution in [2.45, 2.75) is 32.1 Å². The van der Waals surface area contributed by atoms with Gasteiger partial charge in [-0.2, -0.15) is 0 Å². The van der Waals surface area contributed by atoms with Gasteiger partial charge in [-0.3, -0.25) is 0 Å². The number of hydrogen-bond acceptors (Lipinski definition) is 0. The lowest BCUT2D eigenvalue weighted by atomic mass is 9.59. The van der Waals surface area contributed by atoms with Crippen molar-refractivity contribution in [1.29, 1.82) is 0 Å². The molecule has 0 radical (unpaired) electrons. The van der Waals surface area contributed by atoms with E-state index in [4.69, 9.17) is 0 Å². The van der Waals surface area contributed by atoms with Gasteiger partial charge in [0.1, 0.15) is 0 Å². The van der Waals surface area contributed by atoms with Crippen molar-refractivity contribution >= 4 is 0 Å². The Morgan fingerprint density at radius 1 is 1.08 bits per heavy atom. The molecule has 0 heteroatoms. The molecule has 3 atom stereocenters. The second-order valence-corrected chi connectivity index (χ2v) is 4.55. The Labute approximate surface area is 74.4 Å². The number of rotatable bonds is 0. The number of hydrogen-bond donors (Lipinski definition) is 0. The Morgan fingerprint density at radius 2 is 2.00 bits per heavy atom. The summed E-state index contributed by atoms with van der Waals surface area (Å²) in [7, 11) is 0. The molecule has 0 bridgehead atoms. The second kappa shape index (κ2) is 2.48. The molecule has 3 unspecified atom stereocenters. The molecule has 12 heavy (non-hydrogen) atoms. The quantitative estimate of drug-likeness (QED) is 0.510. The lowest BCUT2D eigenvalue weighted by molar-refractivity contribution is 0.141. The van der Waals surface area contributed by atoms with Crippen LogP contribution >= 0.6 is 0 Å². The van der Waals surface area contributed by atoms with E-state index < -0.39 is 0 Å². The molecule has 0 aromatic heterocycles. The van der Waals surface area contributed by atoms with E-state index in [1.54, 1.807) is 5.57 Å². The smallest absolute Gasteiger partial charge is 0.0162 e. The summed E-state index contributed by atoms with van der Waals surface area (Å²) in [5.74, 6) is 3.03. The lowest BCUT2D eigenvalue weighted by Gasteiger charge is -2.46. The van der Waals surface area contributed by atoms with Crippen molar-refractivity contribution in [3.05, 3.63) is 23.8 Å². The SMILES string of the molecule is C1=CCC2CCC3CCC3C2=C1. The Hall–Kier alpha value is -0.520. The van der Waals surface area contributed by atoms with Gasteiger partial charge in [-0.25, -0.2) is 0 Å². The Morgan fingerprint density at radius 3 is 2.83 bits per heavy atom. The van der Waals surface area contributed by atoms with Gasteiger partial charge in [-0.05, 0) is 49.9 Å². The average Bonchev–Trinajstić information content (AvgIpc) is 2.05. The minimum atomic E-state index is 0.941. The molecular weight excluding hydrogens is 144 g/mol. The molecule has 0 N–H and O–H groups in total. The van der Waals surface area contributed by atoms with Gasteiger partial charge in [0.15, 0.2) is 0 Å². The van der Waals surface area contributed by atoms with E-state index in [9.17, 15) is 0 Å². The largest absolute Gasteiger partial charge is 0.0839 e. The molecule has 0 heterocycles. The van der Waals surface area contributed by atoms with E-state index in [1.807, 2.05) is 0 Å². The molecule has 0 nitrogen and oxygen atoms in total. The highest BCUT2D eigenvalue weighted by Crippen LogP contribution is 2.51. The van der Waals surface area contributed by atoms with Crippen LogP contribution in [0.15, 0.2) is 23.8 Å². The van der Waals surface area contributed by atoms with E-state index in [1.165, 1.54) is 32.1 Å². The van der Waals surface area contributed by atoms with Gasteiger partial charge in [0.2, 0.25) is 0 Å². The maximum absolute atomic E-state index is 2.41. The summed E-state index contributed by atoms with van der Waals surface area (Å²) in [5, 5.41) is 0. The first kappa shape index (κ1) is 6.94. The number of fused-ring (bicyclic) bond motifs is 3. The van der Waals surface area contributed by atoms with Crippen LogP contribution in [-0.4, -0.2) is 0 Å². The first-order valence-electron chi connectivity index (χ1n) is 5.32. The van der Waals surface area contributed by atoms with Crippen LogP contribution in [-0.2, 0) is 0 Å². The van der Waals surface area contributed by atoms with Gasteiger partial charge < -0.3 is 0 Å². The zero-order valence-electron chi connectivity index (χ0n) is 7.50. The Balaban J connectivity index is 1.90. The summed E-state index contributed by atoms with van der Waals surface area (Å²) in [5.41, 5.74) is 1.81. The molecule has 0 saturated heterocycles. The van der Waals surface area contributed by atoms with Crippen LogP contribution in [0.2, 0.25) is 0 Å². The Kier molecular flexibility index (Phi) is 1.44. The third-order valence-corrected chi connectivity index (χ3v) is 4.05. The highest BCUT2D eigenvalue weighted by atomic mass is 14.4. The van der Waals surface area contributed by atoms with E-state index in [0.717, 1.165) is 17.8 Å². The van der Waals surface area contributed by atoms with Crippen LogP contribution in [0, 0.1) is 17.8 Å². The number of allylic oxidation sites excluding steroid dienone is 4. The molecule has 0 aromatic carbocycles. The van der Waals surface area contributed by atoms with Crippen molar-refractivity contribution in [2.75, 3.05) is 0 Å². The fraction of sp³-hybridized carbons (Fsp3) is 0.667. The predicted octanol–water partition coefficient (Wildman–Crippen LogP) is 3.31.